The van der Waals surface area contributed by atoms with Crippen LogP contribution in [-0.2, 0) is 17.8 Å². The Balaban J connectivity index is 1.77. The quantitative estimate of drug-likeness (QED) is 0.718. The van der Waals surface area contributed by atoms with E-state index in [4.69, 9.17) is 4.74 Å². The van der Waals surface area contributed by atoms with Gasteiger partial charge in [0.25, 0.3) is 0 Å². The highest BCUT2D eigenvalue weighted by atomic mass is 28.3. The van der Waals surface area contributed by atoms with Gasteiger partial charge in [0.05, 0.1) is 12.1 Å². The van der Waals surface area contributed by atoms with Crippen LogP contribution in [0, 0.1) is 0 Å². The molecule has 1 heterocycles. The molecule has 0 unspecified atom stereocenters. The highest BCUT2D eigenvalue weighted by molar-refractivity contribution is 6.76. The van der Waals surface area contributed by atoms with Gasteiger partial charge in [-0.2, -0.15) is 0 Å². The Bertz CT molecular complexity index is 760. The maximum Gasteiger partial charge on any atom is 0.410 e. The van der Waals surface area contributed by atoms with Crippen LogP contribution < -0.4 is 0 Å². The van der Waals surface area contributed by atoms with Crippen LogP contribution in [0.2, 0.25) is 25.7 Å². The summed E-state index contributed by atoms with van der Waals surface area (Å²) in [5.41, 5.74) is 2.10. The van der Waals surface area contributed by atoms with Crippen molar-refractivity contribution in [2.75, 3.05) is 0 Å². The Morgan fingerprint density at radius 1 is 1.04 bits per heavy atom. The number of amides is 1. The number of nitrogens with zero attached hydrogens (tertiary/aromatic N) is 1. The summed E-state index contributed by atoms with van der Waals surface area (Å²) < 4.78 is 5.66. The standard InChI is InChI=1S/C23H31NO3Si/c1-28(2,3)17-20-15-22(25)21(14-18-10-6-4-7-11-18)24(20)23(26)27-16-19-12-8-5-9-13-19/h4-13,20-22,25H,14-17H2,1-3H3/t20-,21-,22-/m0/s1. The average molecular weight is 398 g/mol. The predicted molar refractivity (Wildman–Crippen MR) is 115 cm³/mol. The number of rotatable bonds is 6. The minimum atomic E-state index is -1.41. The first kappa shape index (κ1) is 20.6. The third-order valence-electron chi connectivity index (χ3n) is 5.26. The fourth-order valence-electron chi connectivity index (χ4n) is 4.06. The highest BCUT2D eigenvalue weighted by Crippen LogP contribution is 2.33. The van der Waals surface area contributed by atoms with E-state index in [9.17, 15) is 9.90 Å². The molecule has 0 radical (unpaired) electrons. The second kappa shape index (κ2) is 8.93. The molecule has 5 heteroatoms. The number of carbonyl (C=O) groups excluding carboxylic acids is 1. The number of carbonyl (C=O) groups is 1. The molecule has 4 nitrogen and oxygen atoms in total. The zero-order valence-corrected chi connectivity index (χ0v) is 18.0. The van der Waals surface area contributed by atoms with Gasteiger partial charge in [-0.1, -0.05) is 80.3 Å². The van der Waals surface area contributed by atoms with E-state index in [0.717, 1.165) is 17.2 Å². The van der Waals surface area contributed by atoms with Crippen LogP contribution >= 0.6 is 0 Å². The SMILES string of the molecule is C[Si](C)(C)C[C@@H]1C[C@H](O)[C@H](Cc2ccccc2)N1C(=O)OCc1ccccc1. The maximum atomic E-state index is 13.1. The number of aliphatic hydroxyl groups is 1. The second-order valence-electron chi connectivity index (χ2n) is 8.93. The Labute approximate surface area is 169 Å². The van der Waals surface area contributed by atoms with Crippen LogP contribution in [0.1, 0.15) is 17.5 Å². The molecule has 150 valence electrons. The highest BCUT2D eigenvalue weighted by Gasteiger charge is 2.45. The van der Waals surface area contributed by atoms with E-state index in [0.29, 0.717) is 12.8 Å². The number of ether oxygens (including phenoxy) is 1. The number of aliphatic hydroxyl groups excluding tert-OH is 1. The molecule has 0 aromatic heterocycles. The first-order valence-corrected chi connectivity index (χ1v) is 13.8. The van der Waals surface area contributed by atoms with E-state index in [1.54, 1.807) is 0 Å². The summed E-state index contributed by atoms with van der Waals surface area (Å²) >= 11 is 0. The molecule has 3 rings (SSSR count). The number of hydrogen-bond donors (Lipinski definition) is 1. The second-order valence-corrected chi connectivity index (χ2v) is 14.5. The van der Waals surface area contributed by atoms with E-state index in [1.165, 1.54) is 0 Å². The van der Waals surface area contributed by atoms with Crippen LogP contribution in [0.4, 0.5) is 4.79 Å². The van der Waals surface area contributed by atoms with E-state index in [-0.39, 0.29) is 24.8 Å². The van der Waals surface area contributed by atoms with Crippen molar-refractivity contribution in [2.24, 2.45) is 0 Å². The molecule has 0 saturated carbocycles. The van der Waals surface area contributed by atoms with Crippen LogP contribution in [0.15, 0.2) is 60.7 Å². The van der Waals surface area contributed by atoms with Crippen molar-refractivity contribution in [3.8, 4) is 0 Å². The van der Waals surface area contributed by atoms with Crippen LogP contribution in [-0.4, -0.2) is 42.4 Å². The predicted octanol–water partition coefficient (Wildman–Crippen LogP) is 4.71. The lowest BCUT2D eigenvalue weighted by molar-refractivity contribution is 0.0643. The number of hydrogen-bond acceptors (Lipinski definition) is 3. The van der Waals surface area contributed by atoms with Gasteiger partial charge in [-0.15, -0.1) is 0 Å². The molecule has 28 heavy (non-hydrogen) atoms. The Hall–Kier alpha value is -2.11. The van der Waals surface area contributed by atoms with Gasteiger partial charge < -0.3 is 9.84 Å². The van der Waals surface area contributed by atoms with Crippen molar-refractivity contribution in [2.45, 2.75) is 63.3 Å². The van der Waals surface area contributed by atoms with Crippen LogP contribution in [0.5, 0.6) is 0 Å². The van der Waals surface area contributed by atoms with E-state index < -0.39 is 14.2 Å². The molecular formula is C23H31NO3Si. The van der Waals surface area contributed by atoms with E-state index in [2.05, 4.69) is 19.6 Å². The molecule has 2 aromatic rings. The smallest absolute Gasteiger partial charge is 0.410 e. The minimum Gasteiger partial charge on any atom is -0.445 e. The lowest BCUT2D eigenvalue weighted by Crippen LogP contribution is -2.46. The largest absolute Gasteiger partial charge is 0.445 e. The molecule has 2 aromatic carbocycles. The lowest BCUT2D eigenvalue weighted by Gasteiger charge is -2.32. The zero-order chi connectivity index (χ0) is 20.1. The van der Waals surface area contributed by atoms with Gasteiger partial charge in [0.1, 0.15) is 6.61 Å². The third-order valence-corrected chi connectivity index (χ3v) is 6.96. The lowest BCUT2D eigenvalue weighted by atomic mass is 10.0. The zero-order valence-electron chi connectivity index (χ0n) is 17.0. The normalized spacial score (nSPS) is 22.3. The summed E-state index contributed by atoms with van der Waals surface area (Å²) in [5, 5.41) is 10.8. The molecular weight excluding hydrogens is 366 g/mol. The molecule has 0 spiro atoms. The first-order valence-electron chi connectivity index (χ1n) is 10.0. The topological polar surface area (TPSA) is 49.8 Å². The molecule has 1 amide bonds. The monoisotopic (exact) mass is 397 g/mol. The summed E-state index contributed by atoms with van der Waals surface area (Å²) in [4.78, 5) is 14.9. The van der Waals surface area contributed by atoms with E-state index in [1.807, 2.05) is 65.6 Å². The molecule has 1 aliphatic heterocycles. The van der Waals surface area contributed by atoms with Gasteiger partial charge in [0, 0.05) is 14.1 Å². The Morgan fingerprint density at radius 2 is 1.61 bits per heavy atom. The molecule has 1 saturated heterocycles. The van der Waals surface area contributed by atoms with Gasteiger partial charge in [-0.25, -0.2) is 4.79 Å². The van der Waals surface area contributed by atoms with Crippen molar-refractivity contribution < 1.29 is 14.6 Å². The van der Waals surface area contributed by atoms with Crippen molar-refractivity contribution in [3.05, 3.63) is 71.8 Å². The first-order chi connectivity index (χ1) is 13.3. The average Bonchev–Trinajstić information content (AvgIpc) is 2.94. The fourth-order valence-corrected chi connectivity index (χ4v) is 5.84. The third kappa shape index (κ3) is 5.46. The van der Waals surface area contributed by atoms with Gasteiger partial charge in [-0.05, 0) is 30.0 Å². The number of benzene rings is 2. The van der Waals surface area contributed by atoms with Crippen LogP contribution in [0.25, 0.3) is 0 Å². The molecule has 0 bridgehead atoms. The van der Waals surface area contributed by atoms with Gasteiger partial charge >= 0.3 is 6.09 Å². The number of likely N-dealkylation sites (tertiary alicyclic amines) is 1. The fraction of sp³-hybridized carbons (Fsp3) is 0.435. The van der Waals surface area contributed by atoms with Gasteiger partial charge in [0.15, 0.2) is 0 Å². The van der Waals surface area contributed by atoms with Crippen molar-refractivity contribution >= 4 is 14.2 Å². The van der Waals surface area contributed by atoms with Gasteiger partial charge in [-0.3, -0.25) is 4.90 Å². The molecule has 0 aliphatic carbocycles. The summed E-state index contributed by atoms with van der Waals surface area (Å²) in [6.07, 6.45) is 0.433. The maximum absolute atomic E-state index is 13.1. The molecule has 3 atom stereocenters. The summed E-state index contributed by atoms with van der Waals surface area (Å²) in [6.45, 7) is 7.16. The molecule has 1 fully saturated rings. The van der Waals surface area contributed by atoms with Crippen molar-refractivity contribution in [3.63, 3.8) is 0 Å². The van der Waals surface area contributed by atoms with Crippen molar-refractivity contribution in [1.82, 2.24) is 4.90 Å². The summed E-state index contributed by atoms with van der Waals surface area (Å²) in [7, 11) is -1.41. The molecule has 1 aliphatic rings. The van der Waals surface area contributed by atoms with E-state index >= 15 is 0 Å². The minimum absolute atomic E-state index is 0.0404. The summed E-state index contributed by atoms with van der Waals surface area (Å²) in [6, 6.07) is 20.6. The summed E-state index contributed by atoms with van der Waals surface area (Å²) in [5.74, 6) is 0. The van der Waals surface area contributed by atoms with Crippen molar-refractivity contribution in [1.29, 1.82) is 0 Å². The molecule has 1 N–H and O–H groups in total. The van der Waals surface area contributed by atoms with Gasteiger partial charge in [0.2, 0.25) is 0 Å². The Kier molecular flexibility index (Phi) is 6.57. The Morgan fingerprint density at radius 3 is 2.18 bits per heavy atom. The van der Waals surface area contributed by atoms with Crippen LogP contribution in [0.3, 0.4) is 0 Å².